The molecule has 1 aromatic heterocycles. The van der Waals surface area contributed by atoms with E-state index in [-0.39, 0.29) is 11.6 Å². The Morgan fingerprint density at radius 3 is 2.74 bits per heavy atom. The summed E-state index contributed by atoms with van der Waals surface area (Å²) in [7, 11) is 3.92. The van der Waals surface area contributed by atoms with E-state index in [1.54, 1.807) is 41.7 Å². The Bertz CT molecular complexity index is 1860. The van der Waals surface area contributed by atoms with Gasteiger partial charge in [-0.2, -0.15) is 9.68 Å². The number of carbonyl (C=O) groups is 1. The van der Waals surface area contributed by atoms with E-state index in [0.717, 1.165) is 17.8 Å². The van der Waals surface area contributed by atoms with Crippen LogP contribution in [0.5, 0.6) is 11.5 Å². The molecule has 11 nitrogen and oxygen atoms in total. The predicted molar refractivity (Wildman–Crippen MR) is 198 cm³/mol. The number of likely N-dealkylation sites (N-methyl/N-ethyl adjacent to an activating group) is 1. The minimum atomic E-state index is -0.492. The van der Waals surface area contributed by atoms with Crippen molar-refractivity contribution < 1.29 is 23.2 Å². The van der Waals surface area contributed by atoms with E-state index in [4.69, 9.17) is 15.9 Å². The molecule has 0 saturated heterocycles. The van der Waals surface area contributed by atoms with Crippen LogP contribution in [0.15, 0.2) is 78.0 Å². The van der Waals surface area contributed by atoms with E-state index in [2.05, 4.69) is 30.9 Å². The fraction of sp³-hybridized carbons (Fsp3) is 0.342. The number of rotatable bonds is 8. The van der Waals surface area contributed by atoms with Crippen molar-refractivity contribution in [1.29, 1.82) is 0 Å². The number of ether oxygens (including phenoxy) is 2. The molecule has 6 rings (SSSR count). The number of hydrazone groups is 1. The van der Waals surface area contributed by atoms with Crippen LogP contribution in [0.25, 0.3) is 10.9 Å². The molecule has 3 aliphatic rings. The van der Waals surface area contributed by atoms with Crippen molar-refractivity contribution in [3.05, 3.63) is 78.7 Å². The molecule has 4 heterocycles. The smallest absolute Gasteiger partial charge is 0.248 e. The van der Waals surface area contributed by atoms with Gasteiger partial charge in [-0.1, -0.05) is 26.8 Å². The number of carbonyl (C=O) groups excluding carboxylic acids is 1. The van der Waals surface area contributed by atoms with Crippen molar-refractivity contribution >= 4 is 45.9 Å². The maximum Gasteiger partial charge on any atom is 0.248 e. The zero-order valence-corrected chi connectivity index (χ0v) is 29.7. The van der Waals surface area contributed by atoms with Gasteiger partial charge < -0.3 is 24.6 Å². The lowest BCUT2D eigenvalue weighted by atomic mass is 10.1. The maximum atomic E-state index is 15.3. The maximum absolute atomic E-state index is 15.3. The van der Waals surface area contributed by atoms with Crippen molar-refractivity contribution in [3.8, 4) is 23.8 Å². The van der Waals surface area contributed by atoms with Crippen molar-refractivity contribution in [2.45, 2.75) is 34.1 Å². The van der Waals surface area contributed by atoms with Crippen LogP contribution < -0.4 is 14.8 Å². The number of benzene rings is 2. The standard InChI is InChI=1S/C32H34FN8O3.C4H6.C2H6/c1-4-36-40-14-11-23(12-15-40)44-24-7-8-26(25(33)18-24)37-32-30-27(34-21-35-32)9-10-28-31(30)43-20-22-19-39(16-17-41(22)28)29(42)6-5-13-38(2)3;1-3-4-2;1-2/h4-12,14,18,21H,13,15-17,19-20H2,1-3H3,(H,34,35,37);1H,4H2,2H3;1-2H3/q+1;;/b6-5+,36-4-;;. The summed E-state index contributed by atoms with van der Waals surface area (Å²) in [6, 6.07) is 8.52. The van der Waals surface area contributed by atoms with E-state index in [9.17, 15) is 4.79 Å². The summed E-state index contributed by atoms with van der Waals surface area (Å²) >= 11 is 0. The number of allylic oxidation sites excluding steroid dienone is 1. The normalized spacial score (nSPS) is 15.0. The molecule has 0 bridgehead atoms. The molecule has 3 aromatic rings. The molecule has 0 saturated carbocycles. The molecule has 0 unspecified atom stereocenters. The second kappa shape index (κ2) is 18.3. The third kappa shape index (κ3) is 9.33. The van der Waals surface area contributed by atoms with Crippen molar-refractivity contribution in [2.75, 3.05) is 58.7 Å². The van der Waals surface area contributed by atoms with Crippen LogP contribution in [-0.4, -0.2) is 101 Å². The Balaban J connectivity index is 0.000000875. The highest BCUT2D eigenvalue weighted by Gasteiger charge is 2.36. The first-order valence-corrected chi connectivity index (χ1v) is 16.8. The lowest BCUT2D eigenvalue weighted by Crippen LogP contribution is -2.48. The third-order valence-corrected chi connectivity index (χ3v) is 7.59. The fourth-order valence-electron chi connectivity index (χ4n) is 5.26. The summed E-state index contributed by atoms with van der Waals surface area (Å²) in [5.74, 6) is 3.96. The van der Waals surface area contributed by atoms with Gasteiger partial charge in [0, 0.05) is 43.6 Å². The summed E-state index contributed by atoms with van der Waals surface area (Å²) in [5, 5.41) is 9.75. The van der Waals surface area contributed by atoms with Gasteiger partial charge >= 0.3 is 0 Å². The van der Waals surface area contributed by atoms with Gasteiger partial charge in [0.15, 0.2) is 13.2 Å². The Morgan fingerprint density at radius 1 is 1.26 bits per heavy atom. The fourth-order valence-corrected chi connectivity index (χ4v) is 5.26. The van der Waals surface area contributed by atoms with Gasteiger partial charge in [0.2, 0.25) is 23.1 Å². The van der Waals surface area contributed by atoms with Crippen LogP contribution in [0.4, 0.5) is 21.6 Å². The average Bonchev–Trinajstić information content (AvgIpc) is 3.14. The Kier molecular flexibility index (Phi) is 13.6. The van der Waals surface area contributed by atoms with Crippen LogP contribution in [0, 0.1) is 18.2 Å². The molecule has 0 atom stereocenters. The first kappa shape index (κ1) is 37.3. The molecule has 50 heavy (non-hydrogen) atoms. The second-order valence-electron chi connectivity index (χ2n) is 11.3. The van der Waals surface area contributed by atoms with Crippen LogP contribution in [-0.2, 0) is 4.79 Å². The number of terminal acetylenes is 1. The topological polar surface area (TPSA) is 98.4 Å². The highest BCUT2D eigenvalue weighted by molar-refractivity contribution is 6.01. The van der Waals surface area contributed by atoms with Crippen molar-refractivity contribution in [2.24, 2.45) is 5.10 Å². The number of hydrogen-bond donors (Lipinski definition) is 1. The Morgan fingerprint density at radius 2 is 2.06 bits per heavy atom. The number of nitrogens with zero attached hydrogens (tertiary/aromatic N) is 7. The van der Waals surface area contributed by atoms with Crippen molar-refractivity contribution in [3.63, 3.8) is 0 Å². The summed E-state index contributed by atoms with van der Waals surface area (Å²) in [5.41, 5.74) is 2.78. The van der Waals surface area contributed by atoms with E-state index in [1.807, 2.05) is 75.9 Å². The largest absolute Gasteiger partial charge is 0.475 e. The second-order valence-corrected chi connectivity index (χ2v) is 11.3. The number of anilines is 2. The molecule has 0 aliphatic carbocycles. The molecular weight excluding hydrogens is 635 g/mol. The van der Waals surface area contributed by atoms with Gasteiger partial charge in [-0.3, -0.25) is 9.80 Å². The highest BCUT2D eigenvalue weighted by Crippen LogP contribution is 2.41. The van der Waals surface area contributed by atoms with Crippen LogP contribution in [0.2, 0.25) is 0 Å². The minimum Gasteiger partial charge on any atom is -0.475 e. The molecule has 1 N–H and O–H groups in total. The molecule has 1 amide bonds. The summed E-state index contributed by atoms with van der Waals surface area (Å²) in [6.45, 7) is 11.1. The zero-order chi connectivity index (χ0) is 36.0. The quantitative estimate of drug-likeness (QED) is 0.132. The van der Waals surface area contributed by atoms with Gasteiger partial charge in [0.1, 0.15) is 36.0 Å². The van der Waals surface area contributed by atoms with Crippen LogP contribution in [0.1, 0.15) is 34.1 Å². The first-order valence-electron chi connectivity index (χ1n) is 16.8. The molecule has 12 heteroatoms. The summed E-state index contributed by atoms with van der Waals surface area (Å²) in [4.78, 5) is 25.5. The number of halogens is 1. The van der Waals surface area contributed by atoms with E-state index in [1.165, 1.54) is 12.4 Å². The molecule has 0 spiro atoms. The molecule has 3 aliphatic heterocycles. The molecule has 262 valence electrons. The average molecular weight is 682 g/mol. The number of fused-ring (bicyclic) bond motifs is 4. The van der Waals surface area contributed by atoms with Gasteiger partial charge in [-0.25, -0.2) is 14.4 Å². The summed E-state index contributed by atoms with van der Waals surface area (Å²) in [6.07, 6.45) is 17.7. The molecule has 2 aromatic carbocycles. The lowest BCUT2D eigenvalue weighted by Gasteiger charge is -2.29. The van der Waals surface area contributed by atoms with Crippen LogP contribution in [0.3, 0.4) is 0 Å². The minimum absolute atomic E-state index is 0.0121. The van der Waals surface area contributed by atoms with Gasteiger partial charge in [-0.15, -0.1) is 12.3 Å². The monoisotopic (exact) mass is 681 g/mol. The number of nitrogens with one attached hydrogen (secondary N) is 1. The zero-order valence-electron chi connectivity index (χ0n) is 29.7. The number of aromatic nitrogens is 2. The number of amides is 1. The molecule has 0 radical (unpaired) electrons. The molecule has 0 fully saturated rings. The van der Waals surface area contributed by atoms with E-state index in [0.29, 0.717) is 73.3 Å². The SMILES string of the molecule is C#CCC.C/C=N\N1C=CC(Oc2ccc(Nc3ncnc4ccc5c(c34)OCC3=[N+]5CCN(C(=O)/C=C/CN(C)C)C3)c(F)c2)=CC1.CC. The highest BCUT2D eigenvalue weighted by atomic mass is 19.1. The predicted octanol–water partition coefficient (Wildman–Crippen LogP) is 6.10. The van der Waals surface area contributed by atoms with Gasteiger partial charge in [0.05, 0.1) is 29.7 Å². The van der Waals surface area contributed by atoms with Crippen LogP contribution >= 0.6 is 0 Å². The molecular formula is C38H46FN8O3+. The van der Waals surface area contributed by atoms with E-state index >= 15 is 4.39 Å². The number of hydrogen-bond acceptors (Lipinski definition) is 9. The lowest BCUT2D eigenvalue weighted by molar-refractivity contribution is -0.453. The Labute approximate surface area is 294 Å². The van der Waals surface area contributed by atoms with E-state index < -0.39 is 5.82 Å². The van der Waals surface area contributed by atoms with Gasteiger partial charge in [0.25, 0.3) is 0 Å². The summed E-state index contributed by atoms with van der Waals surface area (Å²) < 4.78 is 29.6. The van der Waals surface area contributed by atoms with Gasteiger partial charge in [-0.05, 0) is 51.4 Å². The first-order chi connectivity index (χ1) is 24.3. The third-order valence-electron chi connectivity index (χ3n) is 7.59. The Hall–Kier alpha value is -5.54. The van der Waals surface area contributed by atoms with Crippen molar-refractivity contribution in [1.82, 2.24) is 24.8 Å².